The monoisotopic (exact) mass is 358 g/mol. The molecule has 0 saturated carbocycles. The van der Waals surface area contributed by atoms with Crippen LogP contribution in [0.25, 0.3) is 0 Å². The molecule has 1 atom stereocenters. The van der Waals surface area contributed by atoms with E-state index < -0.39 is 11.6 Å². The van der Waals surface area contributed by atoms with Crippen molar-refractivity contribution in [2.75, 3.05) is 13.2 Å². The molecule has 1 N–H and O–H groups in total. The molecule has 1 saturated heterocycles. The lowest BCUT2D eigenvalue weighted by Gasteiger charge is -2.22. The Bertz CT molecular complexity index is 807. The molecular formula is C19H19ClN2O3. The molecule has 0 aliphatic carbocycles. The third-order valence-electron chi connectivity index (χ3n) is 4.31. The number of para-hydroxylation sites is 1. The van der Waals surface area contributed by atoms with Gasteiger partial charge in [0.2, 0.25) is 0 Å². The van der Waals surface area contributed by atoms with E-state index in [-0.39, 0.29) is 19.1 Å². The molecule has 0 aromatic heterocycles. The first kappa shape index (κ1) is 17.3. The standard InChI is InChI=1S/C19H19ClN2O3/c1-13-7-9-14(10-8-13)19(2)17(23)22(18(24)21-19)11-12-25-16-6-4-3-5-15(16)20/h3-10H,11-12H2,1-2H3,(H,21,24)/t19-/m0/s1. The Morgan fingerprint density at radius 1 is 1.12 bits per heavy atom. The Labute approximate surface area is 151 Å². The van der Waals surface area contributed by atoms with E-state index in [1.165, 1.54) is 4.90 Å². The molecule has 2 aromatic rings. The summed E-state index contributed by atoms with van der Waals surface area (Å²) in [5.74, 6) is 0.238. The van der Waals surface area contributed by atoms with Crippen molar-refractivity contribution in [3.8, 4) is 5.75 Å². The van der Waals surface area contributed by atoms with Crippen LogP contribution in [0, 0.1) is 6.92 Å². The zero-order valence-electron chi connectivity index (χ0n) is 14.1. The summed E-state index contributed by atoms with van der Waals surface area (Å²) in [5, 5.41) is 3.27. The number of imide groups is 1. The lowest BCUT2D eigenvalue weighted by Crippen LogP contribution is -2.41. The Morgan fingerprint density at radius 2 is 1.80 bits per heavy atom. The van der Waals surface area contributed by atoms with Gasteiger partial charge >= 0.3 is 6.03 Å². The van der Waals surface area contributed by atoms with Crippen molar-refractivity contribution in [1.82, 2.24) is 10.2 Å². The van der Waals surface area contributed by atoms with Gasteiger partial charge in [0.15, 0.2) is 0 Å². The summed E-state index contributed by atoms with van der Waals surface area (Å²) in [6.07, 6.45) is 0. The number of halogens is 1. The SMILES string of the molecule is Cc1ccc([C@]2(C)NC(=O)N(CCOc3ccccc3Cl)C2=O)cc1. The van der Waals surface area contributed by atoms with Crippen molar-refractivity contribution in [3.05, 3.63) is 64.7 Å². The van der Waals surface area contributed by atoms with Crippen LogP contribution in [0.5, 0.6) is 5.75 Å². The number of benzene rings is 2. The second-order valence-electron chi connectivity index (χ2n) is 6.16. The number of hydrogen-bond donors (Lipinski definition) is 1. The molecule has 5 nitrogen and oxygen atoms in total. The summed E-state index contributed by atoms with van der Waals surface area (Å²) in [6.45, 7) is 4.01. The van der Waals surface area contributed by atoms with E-state index in [1.54, 1.807) is 25.1 Å². The third-order valence-corrected chi connectivity index (χ3v) is 4.63. The van der Waals surface area contributed by atoms with Crippen LogP contribution in [0.15, 0.2) is 48.5 Å². The second-order valence-corrected chi connectivity index (χ2v) is 6.56. The van der Waals surface area contributed by atoms with E-state index in [0.29, 0.717) is 10.8 Å². The molecule has 0 radical (unpaired) electrons. The number of hydrogen-bond acceptors (Lipinski definition) is 3. The predicted octanol–water partition coefficient (Wildman–Crippen LogP) is 3.49. The van der Waals surface area contributed by atoms with Crippen LogP contribution in [0.1, 0.15) is 18.1 Å². The highest BCUT2D eigenvalue weighted by Gasteiger charge is 2.48. The minimum Gasteiger partial charge on any atom is -0.490 e. The molecule has 1 heterocycles. The maximum Gasteiger partial charge on any atom is 0.325 e. The lowest BCUT2D eigenvalue weighted by atomic mass is 9.91. The number of nitrogens with zero attached hydrogens (tertiary/aromatic N) is 1. The number of nitrogens with one attached hydrogen (secondary N) is 1. The zero-order valence-corrected chi connectivity index (χ0v) is 14.8. The maximum atomic E-state index is 12.8. The first-order valence-electron chi connectivity index (χ1n) is 8.00. The Kier molecular flexibility index (Phi) is 4.68. The number of carbonyl (C=O) groups excluding carboxylic acids is 2. The predicted molar refractivity (Wildman–Crippen MR) is 95.7 cm³/mol. The molecular weight excluding hydrogens is 340 g/mol. The van der Waals surface area contributed by atoms with Crippen molar-refractivity contribution in [1.29, 1.82) is 0 Å². The average molecular weight is 359 g/mol. The summed E-state index contributed by atoms with van der Waals surface area (Å²) in [7, 11) is 0. The van der Waals surface area contributed by atoms with E-state index >= 15 is 0 Å². The zero-order chi connectivity index (χ0) is 18.0. The molecule has 0 spiro atoms. The van der Waals surface area contributed by atoms with E-state index in [4.69, 9.17) is 16.3 Å². The Balaban J connectivity index is 1.69. The van der Waals surface area contributed by atoms with Gasteiger partial charge in [-0.2, -0.15) is 0 Å². The van der Waals surface area contributed by atoms with Gasteiger partial charge in [0, 0.05) is 0 Å². The number of rotatable bonds is 5. The Hall–Kier alpha value is -2.53. The number of ether oxygens (including phenoxy) is 1. The topological polar surface area (TPSA) is 58.6 Å². The van der Waals surface area contributed by atoms with Crippen LogP contribution in [0.3, 0.4) is 0 Å². The van der Waals surface area contributed by atoms with Gasteiger partial charge in [0.1, 0.15) is 17.9 Å². The van der Waals surface area contributed by atoms with Crippen LogP contribution >= 0.6 is 11.6 Å². The average Bonchev–Trinajstić information content (AvgIpc) is 2.81. The highest BCUT2D eigenvalue weighted by molar-refractivity contribution is 6.32. The largest absolute Gasteiger partial charge is 0.490 e. The molecule has 6 heteroatoms. The molecule has 1 aliphatic rings. The van der Waals surface area contributed by atoms with Gasteiger partial charge in [0.25, 0.3) is 5.91 Å². The quantitative estimate of drug-likeness (QED) is 0.832. The fraction of sp³-hybridized carbons (Fsp3) is 0.263. The fourth-order valence-electron chi connectivity index (χ4n) is 2.79. The first-order valence-corrected chi connectivity index (χ1v) is 8.38. The molecule has 25 heavy (non-hydrogen) atoms. The molecule has 3 rings (SSSR count). The van der Waals surface area contributed by atoms with Gasteiger partial charge in [-0.15, -0.1) is 0 Å². The van der Waals surface area contributed by atoms with Gasteiger partial charge in [0.05, 0.1) is 11.6 Å². The van der Waals surface area contributed by atoms with Crippen molar-refractivity contribution < 1.29 is 14.3 Å². The molecule has 0 unspecified atom stereocenters. The smallest absolute Gasteiger partial charge is 0.325 e. The molecule has 130 valence electrons. The highest BCUT2D eigenvalue weighted by atomic mass is 35.5. The second kappa shape index (κ2) is 6.76. The van der Waals surface area contributed by atoms with E-state index in [2.05, 4.69) is 5.32 Å². The maximum absolute atomic E-state index is 12.8. The number of amides is 3. The van der Waals surface area contributed by atoms with Crippen molar-refractivity contribution in [2.24, 2.45) is 0 Å². The van der Waals surface area contributed by atoms with E-state index in [0.717, 1.165) is 11.1 Å². The van der Waals surface area contributed by atoms with Crippen LogP contribution in [-0.4, -0.2) is 30.0 Å². The van der Waals surface area contributed by atoms with Gasteiger partial charge in [-0.25, -0.2) is 4.79 Å². The summed E-state index contributed by atoms with van der Waals surface area (Å²) < 4.78 is 5.58. The Morgan fingerprint density at radius 3 is 2.48 bits per heavy atom. The van der Waals surface area contributed by atoms with Gasteiger partial charge < -0.3 is 10.1 Å². The number of aryl methyl sites for hydroxylation is 1. The number of carbonyl (C=O) groups is 2. The molecule has 3 amide bonds. The molecule has 0 bridgehead atoms. The molecule has 1 fully saturated rings. The minimum atomic E-state index is -1.06. The van der Waals surface area contributed by atoms with Crippen LogP contribution in [0.4, 0.5) is 4.79 Å². The van der Waals surface area contributed by atoms with Gasteiger partial charge in [-0.3, -0.25) is 9.69 Å². The lowest BCUT2D eigenvalue weighted by molar-refractivity contribution is -0.131. The van der Waals surface area contributed by atoms with Crippen LogP contribution < -0.4 is 10.1 Å². The first-order chi connectivity index (χ1) is 11.9. The summed E-state index contributed by atoms with van der Waals surface area (Å²) in [4.78, 5) is 26.2. The number of urea groups is 1. The molecule has 2 aromatic carbocycles. The van der Waals surface area contributed by atoms with Gasteiger partial charge in [-0.1, -0.05) is 53.6 Å². The normalized spacial score (nSPS) is 19.9. The fourth-order valence-corrected chi connectivity index (χ4v) is 2.98. The minimum absolute atomic E-state index is 0.150. The summed E-state index contributed by atoms with van der Waals surface area (Å²) in [6, 6.07) is 14.2. The van der Waals surface area contributed by atoms with E-state index in [9.17, 15) is 9.59 Å². The highest BCUT2D eigenvalue weighted by Crippen LogP contribution is 2.29. The van der Waals surface area contributed by atoms with E-state index in [1.807, 2.05) is 37.3 Å². The van der Waals surface area contributed by atoms with Crippen molar-refractivity contribution >= 4 is 23.5 Å². The summed E-state index contributed by atoms with van der Waals surface area (Å²) in [5.41, 5.74) is 0.787. The van der Waals surface area contributed by atoms with Gasteiger partial charge in [-0.05, 0) is 31.5 Å². The van der Waals surface area contributed by atoms with Crippen molar-refractivity contribution in [3.63, 3.8) is 0 Å². The van der Waals surface area contributed by atoms with Crippen LogP contribution in [-0.2, 0) is 10.3 Å². The third kappa shape index (κ3) is 3.33. The van der Waals surface area contributed by atoms with Crippen molar-refractivity contribution in [2.45, 2.75) is 19.4 Å². The summed E-state index contributed by atoms with van der Waals surface area (Å²) >= 11 is 6.03. The van der Waals surface area contributed by atoms with Crippen LogP contribution in [0.2, 0.25) is 5.02 Å². The molecule has 1 aliphatic heterocycles.